The van der Waals surface area contributed by atoms with E-state index in [0.717, 1.165) is 18.5 Å². The number of nitrogens with zero attached hydrogens (tertiary/aromatic N) is 3. The van der Waals surface area contributed by atoms with Crippen molar-refractivity contribution in [3.63, 3.8) is 0 Å². The molecule has 3 rings (SSSR count). The summed E-state index contributed by atoms with van der Waals surface area (Å²) in [7, 11) is -4.20. The minimum Gasteiger partial charge on any atom is -0.384 e. The van der Waals surface area contributed by atoms with Gasteiger partial charge in [0.2, 0.25) is 0 Å². The Morgan fingerprint density at radius 3 is 2.53 bits per heavy atom. The molecule has 32 heavy (non-hydrogen) atoms. The molecule has 174 valence electrons. The van der Waals surface area contributed by atoms with Crippen molar-refractivity contribution in [2.24, 2.45) is 11.8 Å². The maximum atomic E-state index is 13.3. The number of hydrogen-bond donors (Lipinski definition) is 2. The maximum absolute atomic E-state index is 13.3. The number of hydrogen-bond acceptors (Lipinski definition) is 7. The fourth-order valence-corrected chi connectivity index (χ4v) is 5.20. The minimum absolute atomic E-state index is 0.0586. The van der Waals surface area contributed by atoms with Crippen molar-refractivity contribution < 1.29 is 13.2 Å². The van der Waals surface area contributed by atoms with E-state index in [1.165, 1.54) is 18.2 Å². The van der Waals surface area contributed by atoms with Crippen molar-refractivity contribution in [1.29, 1.82) is 0 Å². The molecular formula is C23H33N5O3S. The topological polar surface area (TPSA) is 118 Å². The lowest BCUT2D eigenvalue weighted by molar-refractivity contribution is 0.0981. The van der Waals surface area contributed by atoms with Crippen molar-refractivity contribution in [2.45, 2.75) is 64.4 Å². The number of aromatic nitrogens is 2. The van der Waals surface area contributed by atoms with E-state index >= 15 is 0 Å². The Hall–Kier alpha value is -2.68. The Bertz CT molecular complexity index is 1110. The molecule has 0 radical (unpaired) electrons. The highest BCUT2D eigenvalue weighted by Gasteiger charge is 2.39. The zero-order valence-electron chi connectivity index (χ0n) is 19.6. The Morgan fingerprint density at radius 2 is 1.97 bits per heavy atom. The summed E-state index contributed by atoms with van der Waals surface area (Å²) in [6.07, 6.45) is 2.75. The van der Waals surface area contributed by atoms with Gasteiger partial charge in [0.25, 0.3) is 15.9 Å². The van der Waals surface area contributed by atoms with Crippen LogP contribution in [0.25, 0.3) is 0 Å². The molecule has 1 aliphatic heterocycles. The normalized spacial score (nSPS) is 19.2. The molecule has 0 aromatic carbocycles. The molecule has 1 amide bonds. The van der Waals surface area contributed by atoms with E-state index in [2.05, 4.69) is 61.1 Å². The number of amides is 1. The van der Waals surface area contributed by atoms with Gasteiger partial charge >= 0.3 is 0 Å². The average molecular weight is 460 g/mol. The van der Waals surface area contributed by atoms with Crippen LogP contribution in [0.3, 0.4) is 0 Å². The zero-order valence-corrected chi connectivity index (χ0v) is 20.4. The van der Waals surface area contributed by atoms with Crippen molar-refractivity contribution in [2.75, 3.05) is 17.2 Å². The summed E-state index contributed by atoms with van der Waals surface area (Å²) >= 11 is 0. The van der Waals surface area contributed by atoms with Crippen LogP contribution in [0.5, 0.6) is 0 Å². The number of rotatable bonds is 6. The number of carbonyl (C=O) groups is 1. The molecule has 0 aliphatic carbocycles. The van der Waals surface area contributed by atoms with Gasteiger partial charge in [0.05, 0.1) is 5.56 Å². The third-order valence-electron chi connectivity index (χ3n) is 6.23. The van der Waals surface area contributed by atoms with E-state index in [9.17, 15) is 13.2 Å². The molecule has 2 aromatic heterocycles. The summed E-state index contributed by atoms with van der Waals surface area (Å²) in [5.41, 5.74) is 6.54. The second-order valence-electron chi connectivity index (χ2n) is 9.74. The Labute approximate surface area is 190 Å². The summed E-state index contributed by atoms with van der Waals surface area (Å²) < 4.78 is 27.8. The molecule has 0 saturated carbocycles. The van der Waals surface area contributed by atoms with Gasteiger partial charge in [0, 0.05) is 18.3 Å². The quantitative estimate of drug-likeness (QED) is 0.678. The van der Waals surface area contributed by atoms with Gasteiger partial charge in [-0.1, -0.05) is 33.8 Å². The lowest BCUT2D eigenvalue weighted by atomic mass is 9.90. The summed E-state index contributed by atoms with van der Waals surface area (Å²) in [5, 5.41) is -0.304. The minimum atomic E-state index is -4.20. The first-order valence-corrected chi connectivity index (χ1v) is 12.4. The Balaban J connectivity index is 2.05. The molecule has 0 bridgehead atoms. The molecule has 2 atom stereocenters. The van der Waals surface area contributed by atoms with E-state index in [1.54, 1.807) is 12.3 Å². The van der Waals surface area contributed by atoms with Crippen LogP contribution in [0.1, 0.15) is 69.8 Å². The first-order chi connectivity index (χ1) is 14.8. The molecule has 9 heteroatoms. The first kappa shape index (κ1) is 24.0. The van der Waals surface area contributed by atoms with Crippen LogP contribution >= 0.6 is 0 Å². The van der Waals surface area contributed by atoms with Crippen LogP contribution in [0.15, 0.2) is 35.5 Å². The summed E-state index contributed by atoms with van der Waals surface area (Å²) in [4.78, 5) is 23.9. The number of sulfonamides is 1. The molecule has 3 heterocycles. The maximum Gasteiger partial charge on any atom is 0.281 e. The molecule has 0 spiro atoms. The molecule has 1 saturated heterocycles. The van der Waals surface area contributed by atoms with Crippen LogP contribution < -0.4 is 15.4 Å². The first-order valence-electron chi connectivity index (χ1n) is 10.9. The van der Waals surface area contributed by atoms with E-state index in [-0.39, 0.29) is 27.9 Å². The molecule has 2 aromatic rings. The fraction of sp³-hybridized carbons (Fsp3) is 0.522. The van der Waals surface area contributed by atoms with Gasteiger partial charge in [0.1, 0.15) is 11.6 Å². The van der Waals surface area contributed by atoms with Crippen LogP contribution in [0.2, 0.25) is 0 Å². The second kappa shape index (κ2) is 8.69. The van der Waals surface area contributed by atoms with Gasteiger partial charge < -0.3 is 10.6 Å². The van der Waals surface area contributed by atoms with Gasteiger partial charge in [-0.2, -0.15) is 8.42 Å². The van der Waals surface area contributed by atoms with Crippen LogP contribution in [-0.4, -0.2) is 36.4 Å². The van der Waals surface area contributed by atoms with E-state index < -0.39 is 15.9 Å². The number of nitrogen functional groups attached to an aromatic ring is 1. The number of nitrogens with two attached hydrogens (primary N) is 1. The van der Waals surface area contributed by atoms with Crippen LogP contribution in [0, 0.1) is 11.8 Å². The average Bonchev–Trinajstić information content (AvgIpc) is 2.98. The Morgan fingerprint density at radius 1 is 1.28 bits per heavy atom. The van der Waals surface area contributed by atoms with E-state index in [1.807, 2.05) is 0 Å². The van der Waals surface area contributed by atoms with E-state index in [4.69, 9.17) is 5.73 Å². The van der Waals surface area contributed by atoms with E-state index in [0.29, 0.717) is 17.7 Å². The smallest absolute Gasteiger partial charge is 0.281 e. The summed E-state index contributed by atoms with van der Waals surface area (Å²) in [6.45, 7) is 13.4. The monoisotopic (exact) mass is 459 g/mol. The summed E-state index contributed by atoms with van der Waals surface area (Å²) in [6, 6.07) is 6.03. The highest BCUT2D eigenvalue weighted by molar-refractivity contribution is 7.90. The SMILES string of the molecule is CC1CN(c2ncc(C(C)C(C)C)cc2C(=O)NS(=O)(=O)c2cccc(N)n2)C(C)(C)C1. The van der Waals surface area contributed by atoms with Gasteiger partial charge in [-0.25, -0.2) is 14.7 Å². The molecule has 1 aliphatic rings. The molecular weight excluding hydrogens is 426 g/mol. The molecule has 1 fully saturated rings. The number of nitrogens with one attached hydrogen (secondary N) is 1. The molecule has 2 unspecified atom stereocenters. The van der Waals surface area contributed by atoms with Crippen molar-refractivity contribution in [1.82, 2.24) is 14.7 Å². The predicted octanol–water partition coefficient (Wildman–Crippen LogP) is 3.56. The molecule has 3 N–H and O–H groups in total. The lowest BCUT2D eigenvalue weighted by Crippen LogP contribution is -2.41. The van der Waals surface area contributed by atoms with Crippen LogP contribution in [0.4, 0.5) is 11.6 Å². The van der Waals surface area contributed by atoms with Crippen molar-refractivity contribution in [3.05, 3.63) is 41.6 Å². The number of pyridine rings is 2. The lowest BCUT2D eigenvalue weighted by Gasteiger charge is -2.34. The number of anilines is 2. The third kappa shape index (κ3) is 4.87. The standard InChI is InChI=1S/C23H33N5O3S/c1-14(2)16(4)17-10-18(21(25-12-17)28-13-15(3)11-23(28,5)6)22(29)27-32(30,31)20-9-7-8-19(24)26-20/h7-10,12,14-16H,11,13H2,1-6H3,(H2,24,26)(H,27,29). The van der Waals surface area contributed by atoms with Gasteiger partial charge in [-0.3, -0.25) is 4.79 Å². The summed E-state index contributed by atoms with van der Waals surface area (Å²) in [5.74, 6) is 0.737. The van der Waals surface area contributed by atoms with Gasteiger partial charge in [-0.05, 0) is 61.8 Å². The largest absolute Gasteiger partial charge is 0.384 e. The zero-order chi connectivity index (χ0) is 23.8. The molecule has 8 nitrogen and oxygen atoms in total. The van der Waals surface area contributed by atoms with Crippen LogP contribution in [-0.2, 0) is 10.0 Å². The predicted molar refractivity (Wildman–Crippen MR) is 126 cm³/mol. The Kier molecular flexibility index (Phi) is 6.51. The highest BCUT2D eigenvalue weighted by Crippen LogP contribution is 2.38. The second-order valence-corrected chi connectivity index (χ2v) is 11.4. The van der Waals surface area contributed by atoms with Crippen molar-refractivity contribution in [3.8, 4) is 0 Å². The highest BCUT2D eigenvalue weighted by atomic mass is 32.2. The van der Waals surface area contributed by atoms with Gasteiger partial charge in [0.15, 0.2) is 5.03 Å². The van der Waals surface area contributed by atoms with Gasteiger partial charge in [-0.15, -0.1) is 0 Å². The number of carbonyl (C=O) groups excluding carboxylic acids is 1. The fourth-order valence-electron chi connectivity index (χ4n) is 4.26. The van der Waals surface area contributed by atoms with Crippen molar-refractivity contribution >= 4 is 27.6 Å². The third-order valence-corrected chi connectivity index (χ3v) is 7.47.